The third kappa shape index (κ3) is 2.86. The van der Waals surface area contributed by atoms with Crippen molar-refractivity contribution in [2.75, 3.05) is 0 Å². The fourth-order valence-electron chi connectivity index (χ4n) is 0.522. The topological polar surface area (TPSA) is 50.2 Å². The van der Waals surface area contributed by atoms with Crippen LogP contribution in [0, 0.1) is 0 Å². The Morgan fingerprint density at radius 1 is 1.64 bits per heavy atom. The summed E-state index contributed by atoms with van der Waals surface area (Å²) in [6.45, 7) is 0. The van der Waals surface area contributed by atoms with E-state index in [9.17, 15) is 4.79 Å². The lowest BCUT2D eigenvalue weighted by molar-refractivity contribution is 0.0690. The second-order valence-corrected chi connectivity index (χ2v) is 2.58. The van der Waals surface area contributed by atoms with E-state index in [0.717, 1.165) is 4.47 Å². The van der Waals surface area contributed by atoms with Crippen molar-refractivity contribution in [1.82, 2.24) is 4.98 Å². The highest BCUT2D eigenvalue weighted by Gasteiger charge is 2.02. The van der Waals surface area contributed by atoms with E-state index in [0.29, 0.717) is 0 Å². The van der Waals surface area contributed by atoms with Crippen LogP contribution in [-0.2, 0) is 0 Å². The van der Waals surface area contributed by atoms with Gasteiger partial charge in [-0.25, -0.2) is 9.78 Å². The highest BCUT2D eigenvalue weighted by atomic mass is 79.9. The van der Waals surface area contributed by atoms with Gasteiger partial charge in [0.1, 0.15) is 5.69 Å². The van der Waals surface area contributed by atoms with E-state index in [2.05, 4.69) is 20.9 Å². The van der Waals surface area contributed by atoms with Gasteiger partial charge in [0, 0.05) is 10.7 Å². The molecule has 3 nitrogen and oxygen atoms in total. The van der Waals surface area contributed by atoms with Gasteiger partial charge in [0.2, 0.25) is 0 Å². The molecule has 1 N–H and O–H groups in total. The number of aromatic carboxylic acids is 1. The molecule has 0 saturated heterocycles. The number of nitrogens with zero attached hydrogens (tertiary/aromatic N) is 1. The predicted octanol–water partition coefficient (Wildman–Crippen LogP) is 1.96. The van der Waals surface area contributed by atoms with E-state index < -0.39 is 5.97 Å². The Balaban J connectivity index is 0.000001000. The first-order valence-corrected chi connectivity index (χ1v) is 3.34. The van der Waals surface area contributed by atoms with Crippen LogP contribution in [0.15, 0.2) is 22.8 Å². The second-order valence-electron chi connectivity index (χ2n) is 1.66. The maximum Gasteiger partial charge on any atom is 0.354 e. The number of rotatable bonds is 1. The fraction of sp³-hybridized carbons (Fsp3) is 0. The summed E-state index contributed by atoms with van der Waals surface area (Å²) in [4.78, 5) is 13.9. The first kappa shape index (κ1) is 10.4. The zero-order valence-electron chi connectivity index (χ0n) is 5.32. The fourth-order valence-corrected chi connectivity index (χ4v) is 0.857. The third-order valence-electron chi connectivity index (χ3n) is 0.941. The van der Waals surface area contributed by atoms with Gasteiger partial charge in [-0.15, -0.1) is 12.4 Å². The van der Waals surface area contributed by atoms with Crippen molar-refractivity contribution >= 4 is 34.3 Å². The number of aromatic nitrogens is 1. The van der Waals surface area contributed by atoms with Crippen molar-refractivity contribution in [3.8, 4) is 0 Å². The largest absolute Gasteiger partial charge is 0.477 e. The summed E-state index contributed by atoms with van der Waals surface area (Å²) < 4.78 is 0.722. The number of hydrogen-bond donors (Lipinski definition) is 1. The van der Waals surface area contributed by atoms with Gasteiger partial charge in [0.05, 0.1) is 0 Å². The van der Waals surface area contributed by atoms with Gasteiger partial charge in [0.15, 0.2) is 0 Å². The number of carboxylic acids is 1. The van der Waals surface area contributed by atoms with Crippen molar-refractivity contribution in [3.63, 3.8) is 0 Å². The number of carboxylic acid groups (broad SMARTS) is 1. The Bertz CT molecular complexity index is 267. The van der Waals surface area contributed by atoms with Crippen LogP contribution in [0.1, 0.15) is 10.5 Å². The molecule has 60 valence electrons. The molecule has 0 saturated carbocycles. The highest BCUT2D eigenvalue weighted by Crippen LogP contribution is 2.08. The Morgan fingerprint density at radius 3 is 2.64 bits per heavy atom. The third-order valence-corrected chi connectivity index (χ3v) is 1.43. The van der Waals surface area contributed by atoms with Gasteiger partial charge in [-0.1, -0.05) is 15.9 Å². The summed E-state index contributed by atoms with van der Waals surface area (Å²) in [5, 5.41) is 8.43. The number of halogens is 2. The minimum Gasteiger partial charge on any atom is -0.477 e. The molecular weight excluding hydrogens is 233 g/mol. The predicted molar refractivity (Wildman–Crippen MR) is 46.1 cm³/mol. The molecule has 11 heavy (non-hydrogen) atoms. The maximum absolute atomic E-state index is 10.3. The van der Waals surface area contributed by atoms with Gasteiger partial charge in [0.25, 0.3) is 0 Å². The lowest BCUT2D eigenvalue weighted by Crippen LogP contribution is -1.98. The number of pyridine rings is 1. The molecule has 1 heterocycles. The standard InChI is InChI=1S/C6H4BrNO2.ClH/c7-4-1-2-8-5(3-4)6(9)10;/h1-3H,(H,9,10);1H. The average molecular weight is 238 g/mol. The molecule has 0 radical (unpaired) electrons. The molecule has 0 spiro atoms. The minimum atomic E-state index is -1.01. The number of carbonyl (C=O) groups is 1. The molecule has 0 fully saturated rings. The first-order chi connectivity index (χ1) is 4.70. The van der Waals surface area contributed by atoms with Crippen molar-refractivity contribution in [3.05, 3.63) is 28.5 Å². The summed E-state index contributed by atoms with van der Waals surface area (Å²) in [6, 6.07) is 3.12. The molecule has 1 aromatic rings. The van der Waals surface area contributed by atoms with E-state index in [-0.39, 0.29) is 18.1 Å². The van der Waals surface area contributed by atoms with E-state index in [1.165, 1.54) is 12.3 Å². The molecule has 0 unspecified atom stereocenters. The van der Waals surface area contributed by atoms with Crippen LogP contribution in [0.2, 0.25) is 0 Å². The monoisotopic (exact) mass is 237 g/mol. The lowest BCUT2D eigenvalue weighted by atomic mass is 10.4. The van der Waals surface area contributed by atoms with Crippen molar-refractivity contribution in [2.24, 2.45) is 0 Å². The molecule has 0 aromatic carbocycles. The average Bonchev–Trinajstić information content (AvgIpc) is 1.88. The molecule has 5 heteroatoms. The van der Waals surface area contributed by atoms with E-state index in [1.807, 2.05) is 0 Å². The normalized spacial score (nSPS) is 8.45. The zero-order valence-corrected chi connectivity index (χ0v) is 7.72. The first-order valence-electron chi connectivity index (χ1n) is 2.55. The van der Waals surface area contributed by atoms with Gasteiger partial charge >= 0.3 is 5.97 Å². The minimum absolute atomic E-state index is 0. The highest BCUT2D eigenvalue weighted by molar-refractivity contribution is 9.10. The summed E-state index contributed by atoms with van der Waals surface area (Å²) in [5.41, 5.74) is 0.0503. The van der Waals surface area contributed by atoms with Crippen molar-refractivity contribution < 1.29 is 9.90 Å². The van der Waals surface area contributed by atoms with Gasteiger partial charge in [-0.05, 0) is 12.1 Å². The van der Waals surface area contributed by atoms with Crippen LogP contribution < -0.4 is 0 Å². The smallest absolute Gasteiger partial charge is 0.354 e. The van der Waals surface area contributed by atoms with E-state index in [1.54, 1.807) is 6.07 Å². The van der Waals surface area contributed by atoms with Crippen LogP contribution >= 0.6 is 28.3 Å². The van der Waals surface area contributed by atoms with Gasteiger partial charge in [-0.2, -0.15) is 0 Å². The molecule has 0 aliphatic heterocycles. The second kappa shape index (κ2) is 4.31. The summed E-state index contributed by atoms with van der Waals surface area (Å²) in [6.07, 6.45) is 1.44. The molecule has 0 aliphatic carbocycles. The van der Waals surface area contributed by atoms with Crippen molar-refractivity contribution in [1.29, 1.82) is 0 Å². The molecule has 0 amide bonds. The maximum atomic E-state index is 10.3. The van der Waals surface area contributed by atoms with Crippen molar-refractivity contribution in [2.45, 2.75) is 0 Å². The molecule has 1 aromatic heterocycles. The summed E-state index contributed by atoms with van der Waals surface area (Å²) in [7, 11) is 0. The van der Waals surface area contributed by atoms with E-state index in [4.69, 9.17) is 5.11 Å². The van der Waals surface area contributed by atoms with Crippen LogP contribution in [-0.4, -0.2) is 16.1 Å². The van der Waals surface area contributed by atoms with Gasteiger partial charge < -0.3 is 5.11 Å². The summed E-state index contributed by atoms with van der Waals surface area (Å²) >= 11 is 3.13. The summed E-state index contributed by atoms with van der Waals surface area (Å²) in [5.74, 6) is -1.01. The van der Waals surface area contributed by atoms with Crippen LogP contribution in [0.25, 0.3) is 0 Å². The van der Waals surface area contributed by atoms with Crippen LogP contribution in [0.4, 0.5) is 0 Å². The number of hydrogen-bond acceptors (Lipinski definition) is 2. The molecule has 0 atom stereocenters. The Hall–Kier alpha value is -0.610. The van der Waals surface area contributed by atoms with Crippen LogP contribution in [0.5, 0.6) is 0 Å². The lowest BCUT2D eigenvalue weighted by Gasteiger charge is -1.91. The molecular formula is C6H5BrClNO2. The zero-order chi connectivity index (χ0) is 7.56. The van der Waals surface area contributed by atoms with E-state index >= 15 is 0 Å². The molecule has 1 rings (SSSR count). The Morgan fingerprint density at radius 2 is 2.27 bits per heavy atom. The molecule has 0 aliphatic rings. The van der Waals surface area contributed by atoms with Crippen LogP contribution in [0.3, 0.4) is 0 Å². The SMILES string of the molecule is Cl.O=C(O)c1cc(Br)ccn1. The quantitative estimate of drug-likeness (QED) is 0.814. The molecule has 0 bridgehead atoms. The Kier molecular flexibility index (Phi) is 4.07. The Labute approximate surface area is 78.0 Å². The van der Waals surface area contributed by atoms with Gasteiger partial charge in [-0.3, -0.25) is 0 Å².